The molecule has 0 atom stereocenters. The summed E-state index contributed by atoms with van der Waals surface area (Å²) >= 11 is 0. The fourth-order valence-corrected chi connectivity index (χ4v) is 1.38. The quantitative estimate of drug-likeness (QED) is 0.692. The average Bonchev–Trinajstić information content (AvgIpc) is 2.75. The fourth-order valence-electron chi connectivity index (χ4n) is 1.38. The maximum absolute atomic E-state index is 13.6. The van der Waals surface area contributed by atoms with Crippen LogP contribution in [0.15, 0.2) is 22.7 Å². The van der Waals surface area contributed by atoms with Crippen LogP contribution in [0.1, 0.15) is 5.82 Å². The number of ether oxygens (including phenoxy) is 1. The molecular weight excluding hydrogens is 282 g/mol. The van der Waals surface area contributed by atoms with Gasteiger partial charge in [-0.2, -0.15) is 18.2 Å². The molecule has 0 radical (unpaired) electrons. The monoisotopic (exact) mass is 291 g/mol. The van der Waals surface area contributed by atoms with Crippen molar-refractivity contribution in [3.05, 3.63) is 29.8 Å². The van der Waals surface area contributed by atoms with Crippen LogP contribution in [-0.2, 0) is 11.3 Å². The second kappa shape index (κ2) is 5.45. The number of halogens is 4. The molecule has 0 spiro atoms. The van der Waals surface area contributed by atoms with Gasteiger partial charge in [-0.05, 0) is 18.2 Å². The Bertz CT molecular complexity index is 598. The van der Waals surface area contributed by atoms with Crippen LogP contribution in [0.3, 0.4) is 0 Å². The van der Waals surface area contributed by atoms with Gasteiger partial charge in [0.2, 0.25) is 0 Å². The van der Waals surface area contributed by atoms with Crippen LogP contribution in [0, 0.1) is 5.82 Å². The van der Waals surface area contributed by atoms with Crippen molar-refractivity contribution in [2.24, 2.45) is 0 Å². The average molecular weight is 291 g/mol. The number of rotatable bonds is 4. The van der Waals surface area contributed by atoms with Gasteiger partial charge in [-0.3, -0.25) is 0 Å². The molecular formula is C11H9F4N3O2. The second-order valence-electron chi connectivity index (χ2n) is 3.86. The molecule has 0 amide bonds. The number of nitrogen functional groups attached to an aromatic ring is 1. The summed E-state index contributed by atoms with van der Waals surface area (Å²) in [6.07, 6.45) is -4.43. The van der Waals surface area contributed by atoms with Gasteiger partial charge in [-0.15, -0.1) is 0 Å². The van der Waals surface area contributed by atoms with Gasteiger partial charge >= 0.3 is 6.18 Å². The van der Waals surface area contributed by atoms with E-state index in [4.69, 9.17) is 10.3 Å². The summed E-state index contributed by atoms with van der Waals surface area (Å²) in [6.45, 7) is -1.91. The standard InChI is InChI=1S/C11H9F4N3O2/c12-8-3-6(16)1-2-7(8)10-17-9(18-20-10)4-19-5-11(13,14)15/h1-3H,4-5,16H2. The Hall–Kier alpha value is -2.16. The molecule has 1 aromatic heterocycles. The molecule has 2 N–H and O–H groups in total. The summed E-state index contributed by atoms with van der Waals surface area (Å²) in [5.74, 6) is -0.940. The lowest BCUT2D eigenvalue weighted by Crippen LogP contribution is -2.16. The third-order valence-corrected chi connectivity index (χ3v) is 2.19. The summed E-state index contributed by atoms with van der Waals surface area (Å²) < 4.78 is 58.3. The first-order valence-electron chi connectivity index (χ1n) is 5.37. The van der Waals surface area contributed by atoms with Crippen molar-refractivity contribution in [2.75, 3.05) is 12.3 Å². The SMILES string of the molecule is Nc1ccc(-c2nc(COCC(F)(F)F)no2)c(F)c1. The lowest BCUT2D eigenvalue weighted by molar-refractivity contribution is -0.177. The minimum absolute atomic E-state index is 0.00812. The topological polar surface area (TPSA) is 74.2 Å². The van der Waals surface area contributed by atoms with E-state index in [0.717, 1.165) is 6.07 Å². The van der Waals surface area contributed by atoms with Gasteiger partial charge in [0.15, 0.2) is 5.82 Å². The van der Waals surface area contributed by atoms with Gasteiger partial charge < -0.3 is 15.0 Å². The smallest absolute Gasteiger partial charge is 0.399 e. The van der Waals surface area contributed by atoms with E-state index in [-0.39, 0.29) is 23.0 Å². The Morgan fingerprint density at radius 3 is 2.70 bits per heavy atom. The molecule has 0 bridgehead atoms. The largest absolute Gasteiger partial charge is 0.411 e. The number of aromatic nitrogens is 2. The van der Waals surface area contributed by atoms with Gasteiger partial charge in [0.25, 0.3) is 5.89 Å². The lowest BCUT2D eigenvalue weighted by Gasteiger charge is -2.04. The van der Waals surface area contributed by atoms with E-state index < -0.39 is 25.2 Å². The maximum Gasteiger partial charge on any atom is 0.411 e. The van der Waals surface area contributed by atoms with Gasteiger partial charge in [-0.1, -0.05) is 5.16 Å². The summed E-state index contributed by atoms with van der Waals surface area (Å²) in [4.78, 5) is 3.74. The molecule has 0 fully saturated rings. The summed E-state index contributed by atoms with van der Waals surface area (Å²) in [5.41, 5.74) is 5.61. The third-order valence-electron chi connectivity index (χ3n) is 2.19. The highest BCUT2D eigenvalue weighted by atomic mass is 19.4. The molecule has 108 valence electrons. The highest BCUT2D eigenvalue weighted by Gasteiger charge is 2.27. The number of nitrogens with zero attached hydrogens (tertiary/aromatic N) is 2. The molecule has 2 rings (SSSR count). The highest BCUT2D eigenvalue weighted by Crippen LogP contribution is 2.23. The molecule has 20 heavy (non-hydrogen) atoms. The van der Waals surface area contributed by atoms with Crippen LogP contribution in [-0.4, -0.2) is 22.9 Å². The molecule has 1 heterocycles. The van der Waals surface area contributed by atoms with E-state index in [1.54, 1.807) is 0 Å². The lowest BCUT2D eigenvalue weighted by atomic mass is 10.2. The van der Waals surface area contributed by atoms with E-state index in [1.165, 1.54) is 12.1 Å². The highest BCUT2D eigenvalue weighted by molar-refractivity contribution is 5.58. The van der Waals surface area contributed by atoms with Crippen molar-refractivity contribution in [1.29, 1.82) is 0 Å². The molecule has 0 unspecified atom stereocenters. The second-order valence-corrected chi connectivity index (χ2v) is 3.86. The molecule has 0 aliphatic rings. The Morgan fingerprint density at radius 2 is 2.05 bits per heavy atom. The minimum Gasteiger partial charge on any atom is -0.399 e. The predicted octanol–water partition coefficient (Wildman–Crippen LogP) is 2.54. The van der Waals surface area contributed by atoms with Crippen LogP contribution < -0.4 is 5.73 Å². The molecule has 0 aliphatic heterocycles. The molecule has 2 aromatic rings. The maximum atomic E-state index is 13.6. The summed E-state index contributed by atoms with van der Waals surface area (Å²) in [7, 11) is 0. The first-order chi connectivity index (χ1) is 9.35. The molecule has 0 aliphatic carbocycles. The van der Waals surface area contributed by atoms with Gasteiger partial charge in [0.05, 0.1) is 5.56 Å². The van der Waals surface area contributed by atoms with Crippen LogP contribution in [0.4, 0.5) is 23.2 Å². The molecule has 0 saturated carbocycles. The van der Waals surface area contributed by atoms with Gasteiger partial charge in [0, 0.05) is 5.69 Å². The number of benzene rings is 1. The van der Waals surface area contributed by atoms with Crippen LogP contribution in [0.5, 0.6) is 0 Å². The zero-order chi connectivity index (χ0) is 14.8. The first kappa shape index (κ1) is 14.3. The number of anilines is 1. The van der Waals surface area contributed by atoms with Gasteiger partial charge in [-0.25, -0.2) is 4.39 Å². The van der Waals surface area contributed by atoms with Crippen molar-refractivity contribution in [3.8, 4) is 11.5 Å². The number of alkyl halides is 3. The minimum atomic E-state index is -4.43. The van der Waals surface area contributed by atoms with Crippen LogP contribution >= 0.6 is 0 Å². The van der Waals surface area contributed by atoms with Crippen LogP contribution in [0.2, 0.25) is 0 Å². The Labute approximate surface area is 110 Å². The summed E-state index contributed by atoms with van der Waals surface area (Å²) in [5, 5.41) is 3.40. The Balaban J connectivity index is 2.05. The third kappa shape index (κ3) is 3.67. The van der Waals surface area contributed by atoms with E-state index in [1.807, 2.05) is 0 Å². The number of hydrogen-bond donors (Lipinski definition) is 1. The van der Waals surface area contributed by atoms with Crippen molar-refractivity contribution >= 4 is 5.69 Å². The predicted molar refractivity (Wildman–Crippen MR) is 59.8 cm³/mol. The zero-order valence-electron chi connectivity index (χ0n) is 9.95. The van der Waals surface area contributed by atoms with E-state index in [2.05, 4.69) is 14.9 Å². The molecule has 1 aromatic carbocycles. The Kier molecular flexibility index (Phi) is 3.89. The van der Waals surface area contributed by atoms with E-state index >= 15 is 0 Å². The van der Waals surface area contributed by atoms with E-state index in [9.17, 15) is 17.6 Å². The Morgan fingerprint density at radius 1 is 1.30 bits per heavy atom. The van der Waals surface area contributed by atoms with Gasteiger partial charge in [0.1, 0.15) is 19.0 Å². The number of nitrogens with two attached hydrogens (primary N) is 1. The van der Waals surface area contributed by atoms with E-state index in [0.29, 0.717) is 0 Å². The van der Waals surface area contributed by atoms with Crippen LogP contribution in [0.25, 0.3) is 11.5 Å². The number of hydrogen-bond acceptors (Lipinski definition) is 5. The molecule has 5 nitrogen and oxygen atoms in total. The van der Waals surface area contributed by atoms with Crippen molar-refractivity contribution in [2.45, 2.75) is 12.8 Å². The van der Waals surface area contributed by atoms with Crippen molar-refractivity contribution in [3.63, 3.8) is 0 Å². The van der Waals surface area contributed by atoms with Crippen molar-refractivity contribution in [1.82, 2.24) is 10.1 Å². The first-order valence-corrected chi connectivity index (χ1v) is 5.37. The van der Waals surface area contributed by atoms with Crippen molar-refractivity contribution < 1.29 is 26.8 Å². The fraction of sp³-hybridized carbons (Fsp3) is 0.273. The molecule has 0 saturated heterocycles. The zero-order valence-corrected chi connectivity index (χ0v) is 9.95. The summed E-state index contributed by atoms with van der Waals surface area (Å²) in [6, 6.07) is 3.83. The molecule has 9 heteroatoms. The normalized spacial score (nSPS) is 11.8.